The first kappa shape index (κ1) is 18.5. The van der Waals surface area contributed by atoms with Crippen LogP contribution in [0.15, 0.2) is 30.3 Å². The van der Waals surface area contributed by atoms with Crippen molar-refractivity contribution in [3.05, 3.63) is 35.9 Å². The van der Waals surface area contributed by atoms with Crippen molar-refractivity contribution in [2.45, 2.75) is 39.2 Å². The quantitative estimate of drug-likeness (QED) is 0.863. The molecule has 1 fully saturated rings. The SMILES string of the molecule is CC1CN(C(=O)CNC(=O)[C@@H](N)C(C)C)CCC1c1ccccc1. The van der Waals surface area contributed by atoms with Gasteiger partial charge in [0.1, 0.15) is 0 Å². The van der Waals surface area contributed by atoms with Gasteiger partial charge in [-0.3, -0.25) is 9.59 Å². The van der Waals surface area contributed by atoms with Gasteiger partial charge in [-0.25, -0.2) is 0 Å². The maximum Gasteiger partial charge on any atom is 0.241 e. The number of rotatable bonds is 5. The molecule has 0 radical (unpaired) electrons. The summed E-state index contributed by atoms with van der Waals surface area (Å²) in [6.07, 6.45) is 0.955. The van der Waals surface area contributed by atoms with Gasteiger partial charge in [-0.05, 0) is 29.7 Å². The number of nitrogens with zero attached hydrogens (tertiary/aromatic N) is 1. The number of piperidine rings is 1. The van der Waals surface area contributed by atoms with E-state index in [0.717, 1.165) is 19.5 Å². The van der Waals surface area contributed by atoms with Crippen LogP contribution in [-0.4, -0.2) is 42.4 Å². The number of benzene rings is 1. The minimum Gasteiger partial charge on any atom is -0.346 e. The van der Waals surface area contributed by atoms with E-state index in [0.29, 0.717) is 11.8 Å². The summed E-state index contributed by atoms with van der Waals surface area (Å²) >= 11 is 0. The van der Waals surface area contributed by atoms with E-state index in [-0.39, 0.29) is 24.3 Å². The molecule has 0 aliphatic carbocycles. The second-order valence-corrected chi connectivity index (χ2v) is 7.11. The standard InChI is InChI=1S/C19H29N3O2/c1-13(2)18(20)19(24)21-11-17(23)22-10-9-16(14(3)12-22)15-7-5-4-6-8-15/h4-8,13-14,16,18H,9-12,20H2,1-3H3,(H,21,24)/t14?,16?,18-/m0/s1. The van der Waals surface area contributed by atoms with Gasteiger partial charge in [0.2, 0.25) is 11.8 Å². The van der Waals surface area contributed by atoms with Crippen molar-refractivity contribution in [3.8, 4) is 0 Å². The van der Waals surface area contributed by atoms with E-state index in [2.05, 4.69) is 36.5 Å². The number of likely N-dealkylation sites (tertiary alicyclic amines) is 1. The van der Waals surface area contributed by atoms with E-state index in [4.69, 9.17) is 5.73 Å². The lowest BCUT2D eigenvalue weighted by Crippen LogP contribution is -2.50. The minimum atomic E-state index is -0.569. The Balaban J connectivity index is 1.84. The van der Waals surface area contributed by atoms with Gasteiger partial charge in [0.15, 0.2) is 0 Å². The zero-order chi connectivity index (χ0) is 17.7. The van der Waals surface area contributed by atoms with Crippen LogP contribution >= 0.6 is 0 Å². The molecule has 132 valence electrons. The average Bonchev–Trinajstić information content (AvgIpc) is 2.59. The first-order chi connectivity index (χ1) is 11.4. The van der Waals surface area contributed by atoms with Crippen LogP contribution in [0.4, 0.5) is 0 Å². The number of carbonyl (C=O) groups is 2. The number of nitrogens with one attached hydrogen (secondary N) is 1. The minimum absolute atomic E-state index is 0.0297. The van der Waals surface area contributed by atoms with Crippen LogP contribution in [0.1, 0.15) is 38.7 Å². The number of nitrogens with two attached hydrogens (primary N) is 1. The van der Waals surface area contributed by atoms with Gasteiger partial charge in [0, 0.05) is 13.1 Å². The van der Waals surface area contributed by atoms with Crippen molar-refractivity contribution in [3.63, 3.8) is 0 Å². The highest BCUT2D eigenvalue weighted by Gasteiger charge is 2.29. The van der Waals surface area contributed by atoms with Crippen LogP contribution in [-0.2, 0) is 9.59 Å². The van der Waals surface area contributed by atoms with Crippen LogP contribution in [0.25, 0.3) is 0 Å². The molecule has 5 heteroatoms. The molecule has 0 aromatic heterocycles. The number of carbonyl (C=O) groups excluding carboxylic acids is 2. The molecule has 24 heavy (non-hydrogen) atoms. The molecule has 1 aromatic carbocycles. The molecule has 5 nitrogen and oxygen atoms in total. The lowest BCUT2D eigenvalue weighted by Gasteiger charge is -2.37. The fourth-order valence-corrected chi connectivity index (χ4v) is 3.26. The molecular formula is C19H29N3O2. The second kappa shape index (κ2) is 8.29. The molecule has 2 rings (SSSR count). The summed E-state index contributed by atoms with van der Waals surface area (Å²) in [4.78, 5) is 26.1. The molecule has 2 amide bonds. The summed E-state index contributed by atoms with van der Waals surface area (Å²) in [6.45, 7) is 7.45. The molecule has 1 aliphatic heterocycles. The van der Waals surface area contributed by atoms with Gasteiger partial charge in [0.25, 0.3) is 0 Å². The molecule has 0 bridgehead atoms. The third kappa shape index (κ3) is 4.57. The molecule has 0 saturated carbocycles. The lowest BCUT2D eigenvalue weighted by atomic mass is 9.81. The van der Waals surface area contributed by atoms with Gasteiger partial charge in [-0.2, -0.15) is 0 Å². The molecule has 1 saturated heterocycles. The molecule has 3 N–H and O–H groups in total. The third-order valence-corrected chi connectivity index (χ3v) is 4.92. The van der Waals surface area contributed by atoms with Crippen LogP contribution in [0.3, 0.4) is 0 Å². The Hall–Kier alpha value is -1.88. The Morgan fingerprint density at radius 1 is 1.29 bits per heavy atom. The fourth-order valence-electron chi connectivity index (χ4n) is 3.26. The maximum absolute atomic E-state index is 12.4. The van der Waals surface area contributed by atoms with Crippen molar-refractivity contribution in [2.24, 2.45) is 17.6 Å². The van der Waals surface area contributed by atoms with E-state index >= 15 is 0 Å². The van der Waals surface area contributed by atoms with Gasteiger partial charge in [-0.15, -0.1) is 0 Å². The Morgan fingerprint density at radius 2 is 1.96 bits per heavy atom. The summed E-state index contributed by atoms with van der Waals surface area (Å²) in [6, 6.07) is 9.90. The van der Waals surface area contributed by atoms with Gasteiger partial charge in [-0.1, -0.05) is 51.1 Å². The summed E-state index contributed by atoms with van der Waals surface area (Å²) in [5, 5.41) is 2.66. The summed E-state index contributed by atoms with van der Waals surface area (Å²) in [5.74, 6) is 0.655. The van der Waals surface area contributed by atoms with E-state index in [1.54, 1.807) is 0 Å². The Kier molecular flexibility index (Phi) is 6.37. The second-order valence-electron chi connectivity index (χ2n) is 7.11. The van der Waals surface area contributed by atoms with Crippen molar-refractivity contribution in [2.75, 3.05) is 19.6 Å². The van der Waals surface area contributed by atoms with E-state index in [9.17, 15) is 9.59 Å². The van der Waals surface area contributed by atoms with E-state index in [1.165, 1.54) is 5.56 Å². The van der Waals surface area contributed by atoms with Crippen LogP contribution in [0.2, 0.25) is 0 Å². The highest BCUT2D eigenvalue weighted by atomic mass is 16.2. The van der Waals surface area contributed by atoms with Crippen molar-refractivity contribution < 1.29 is 9.59 Å². The third-order valence-electron chi connectivity index (χ3n) is 4.92. The van der Waals surface area contributed by atoms with E-state index in [1.807, 2.05) is 24.8 Å². The van der Waals surface area contributed by atoms with Crippen LogP contribution < -0.4 is 11.1 Å². The van der Waals surface area contributed by atoms with E-state index < -0.39 is 6.04 Å². The molecule has 1 heterocycles. The molecule has 2 unspecified atom stereocenters. The molecular weight excluding hydrogens is 302 g/mol. The Labute approximate surface area is 144 Å². The first-order valence-electron chi connectivity index (χ1n) is 8.76. The molecule has 0 spiro atoms. The van der Waals surface area contributed by atoms with Gasteiger partial charge in [0.05, 0.1) is 12.6 Å². The van der Waals surface area contributed by atoms with Crippen molar-refractivity contribution in [1.29, 1.82) is 0 Å². The maximum atomic E-state index is 12.4. The average molecular weight is 331 g/mol. The summed E-state index contributed by atoms with van der Waals surface area (Å²) in [5.41, 5.74) is 7.13. The molecule has 1 aliphatic rings. The normalized spacial score (nSPS) is 22.3. The monoisotopic (exact) mass is 331 g/mol. The molecule has 1 aromatic rings. The zero-order valence-corrected chi connectivity index (χ0v) is 14.9. The van der Waals surface area contributed by atoms with Crippen molar-refractivity contribution in [1.82, 2.24) is 10.2 Å². The number of hydrogen-bond acceptors (Lipinski definition) is 3. The topological polar surface area (TPSA) is 75.4 Å². The highest BCUT2D eigenvalue weighted by Crippen LogP contribution is 2.32. The Bertz CT molecular complexity index is 559. The smallest absolute Gasteiger partial charge is 0.241 e. The fraction of sp³-hybridized carbons (Fsp3) is 0.579. The first-order valence-corrected chi connectivity index (χ1v) is 8.76. The highest BCUT2D eigenvalue weighted by molar-refractivity contribution is 5.87. The number of amides is 2. The van der Waals surface area contributed by atoms with Crippen LogP contribution in [0, 0.1) is 11.8 Å². The Morgan fingerprint density at radius 3 is 2.54 bits per heavy atom. The largest absolute Gasteiger partial charge is 0.346 e. The predicted octanol–water partition coefficient (Wildman–Crippen LogP) is 1.74. The van der Waals surface area contributed by atoms with Crippen molar-refractivity contribution >= 4 is 11.8 Å². The summed E-state index contributed by atoms with van der Waals surface area (Å²) < 4.78 is 0. The van der Waals surface area contributed by atoms with Gasteiger partial charge < -0.3 is 16.0 Å². The van der Waals surface area contributed by atoms with Crippen LogP contribution in [0.5, 0.6) is 0 Å². The summed E-state index contributed by atoms with van der Waals surface area (Å²) in [7, 11) is 0. The zero-order valence-electron chi connectivity index (χ0n) is 14.9. The predicted molar refractivity (Wildman–Crippen MR) is 95.4 cm³/mol. The molecule has 3 atom stereocenters. The van der Waals surface area contributed by atoms with Gasteiger partial charge >= 0.3 is 0 Å². The number of hydrogen-bond donors (Lipinski definition) is 2. The lowest BCUT2D eigenvalue weighted by molar-refractivity contribution is -0.134.